The van der Waals surface area contributed by atoms with Crippen LogP contribution < -0.4 is 5.32 Å². The molecule has 1 aliphatic heterocycles. The van der Waals surface area contributed by atoms with Crippen LogP contribution in [0.5, 0.6) is 0 Å². The van der Waals surface area contributed by atoms with Crippen LogP contribution in [0.2, 0.25) is 0 Å². The van der Waals surface area contributed by atoms with Crippen molar-refractivity contribution in [3.8, 4) is 0 Å². The Labute approximate surface area is 120 Å². The van der Waals surface area contributed by atoms with Crippen molar-refractivity contribution in [1.82, 2.24) is 10.2 Å². The molecule has 1 saturated heterocycles. The van der Waals surface area contributed by atoms with Crippen molar-refractivity contribution in [2.24, 2.45) is 0 Å². The number of rotatable bonds is 2. The highest BCUT2D eigenvalue weighted by molar-refractivity contribution is 5.76. The molecule has 0 radical (unpaired) electrons. The Kier molecular flexibility index (Phi) is 4.79. The number of urea groups is 1. The second-order valence-electron chi connectivity index (χ2n) is 5.30. The highest BCUT2D eigenvalue weighted by atomic mass is 16.5. The molecule has 2 unspecified atom stereocenters. The van der Waals surface area contributed by atoms with E-state index in [-0.39, 0.29) is 18.2 Å². The lowest BCUT2D eigenvalue weighted by Gasteiger charge is -2.34. The fraction of sp³-hybridized carbons (Fsp3) is 0.438. The Bertz CT molecular complexity index is 489. The third-order valence-corrected chi connectivity index (χ3v) is 3.36. The van der Waals surface area contributed by atoms with Crippen LogP contribution in [0.1, 0.15) is 25.0 Å². The largest absolute Gasteiger partial charge is 0.372 e. The summed E-state index contributed by atoms with van der Waals surface area (Å²) >= 11 is 0. The number of carbonyl (C=O) groups is 1. The third kappa shape index (κ3) is 3.84. The average molecular weight is 274 g/mol. The minimum absolute atomic E-state index is 0.0724. The first-order chi connectivity index (χ1) is 9.56. The molecular formula is C16H22N2O2. The number of ether oxygens (including phenoxy) is 1. The van der Waals surface area contributed by atoms with Crippen molar-refractivity contribution in [1.29, 1.82) is 0 Å². The monoisotopic (exact) mass is 274 g/mol. The Balaban J connectivity index is 1.90. The van der Waals surface area contributed by atoms with Crippen molar-refractivity contribution < 1.29 is 9.53 Å². The molecular weight excluding hydrogens is 252 g/mol. The van der Waals surface area contributed by atoms with Gasteiger partial charge in [0.1, 0.15) is 0 Å². The van der Waals surface area contributed by atoms with Gasteiger partial charge in [0.25, 0.3) is 0 Å². The summed E-state index contributed by atoms with van der Waals surface area (Å²) in [5, 5.41) is 2.82. The Hall–Kier alpha value is -1.81. The summed E-state index contributed by atoms with van der Waals surface area (Å²) in [5.41, 5.74) is 2.29. The van der Waals surface area contributed by atoms with Gasteiger partial charge in [-0.2, -0.15) is 0 Å². The summed E-state index contributed by atoms with van der Waals surface area (Å²) in [6.07, 6.45) is 3.80. The van der Waals surface area contributed by atoms with Gasteiger partial charge in [-0.15, -0.1) is 0 Å². The van der Waals surface area contributed by atoms with E-state index in [0.29, 0.717) is 13.1 Å². The highest BCUT2D eigenvalue weighted by Gasteiger charge is 2.25. The first kappa shape index (κ1) is 14.6. The van der Waals surface area contributed by atoms with E-state index in [1.807, 2.05) is 51.1 Å². The number of nitrogens with one attached hydrogen (secondary N) is 1. The second kappa shape index (κ2) is 6.57. The predicted octanol–water partition coefficient (Wildman–Crippen LogP) is 2.78. The van der Waals surface area contributed by atoms with Gasteiger partial charge in [0.2, 0.25) is 0 Å². The van der Waals surface area contributed by atoms with E-state index < -0.39 is 0 Å². The van der Waals surface area contributed by atoms with Crippen LogP contribution in [0, 0.1) is 6.92 Å². The Morgan fingerprint density at radius 2 is 1.95 bits per heavy atom. The van der Waals surface area contributed by atoms with Crippen molar-refractivity contribution in [3.63, 3.8) is 0 Å². The van der Waals surface area contributed by atoms with Gasteiger partial charge in [-0.25, -0.2) is 4.79 Å². The molecule has 108 valence electrons. The first-order valence-corrected chi connectivity index (χ1v) is 6.99. The molecule has 1 aromatic rings. The molecule has 0 spiro atoms. The number of amides is 2. The summed E-state index contributed by atoms with van der Waals surface area (Å²) in [5.74, 6) is 0. The highest BCUT2D eigenvalue weighted by Crippen LogP contribution is 2.11. The standard InChI is InChI=1S/C16H22N2O2/c1-12-6-4-5-7-15(12)8-9-17-16(19)18-10-13(2)20-14(3)11-18/h4-9,13-14H,10-11H2,1-3H3,(H,17,19)/b9-8+. The average Bonchev–Trinajstić information content (AvgIpc) is 2.39. The van der Waals surface area contributed by atoms with Crippen LogP contribution in [0.25, 0.3) is 6.08 Å². The fourth-order valence-electron chi connectivity index (χ4n) is 2.41. The summed E-state index contributed by atoms with van der Waals surface area (Å²) in [4.78, 5) is 13.9. The lowest BCUT2D eigenvalue weighted by atomic mass is 10.1. The van der Waals surface area contributed by atoms with E-state index in [1.165, 1.54) is 5.56 Å². The number of benzene rings is 1. The molecule has 0 bridgehead atoms. The molecule has 0 aliphatic carbocycles. The Morgan fingerprint density at radius 3 is 2.60 bits per heavy atom. The van der Waals surface area contributed by atoms with Crippen LogP contribution in [0.3, 0.4) is 0 Å². The van der Waals surface area contributed by atoms with Gasteiger partial charge in [-0.1, -0.05) is 24.3 Å². The molecule has 1 N–H and O–H groups in total. The van der Waals surface area contributed by atoms with E-state index in [2.05, 4.69) is 5.32 Å². The Morgan fingerprint density at radius 1 is 1.30 bits per heavy atom. The van der Waals surface area contributed by atoms with Crippen LogP contribution in [-0.4, -0.2) is 36.2 Å². The SMILES string of the molecule is Cc1ccccc1/C=C/NC(=O)N1CC(C)OC(C)C1. The van der Waals surface area contributed by atoms with Gasteiger partial charge < -0.3 is 15.0 Å². The number of carbonyl (C=O) groups excluding carboxylic acids is 1. The normalized spacial score (nSPS) is 23.1. The van der Waals surface area contributed by atoms with Gasteiger partial charge >= 0.3 is 6.03 Å². The summed E-state index contributed by atoms with van der Waals surface area (Å²) < 4.78 is 5.62. The molecule has 4 heteroatoms. The summed E-state index contributed by atoms with van der Waals surface area (Å²) in [6, 6.07) is 7.99. The van der Waals surface area contributed by atoms with Crippen LogP contribution >= 0.6 is 0 Å². The van der Waals surface area contributed by atoms with Crippen LogP contribution in [-0.2, 0) is 4.74 Å². The number of hydrogen-bond acceptors (Lipinski definition) is 2. The maximum absolute atomic E-state index is 12.1. The maximum atomic E-state index is 12.1. The zero-order valence-corrected chi connectivity index (χ0v) is 12.3. The molecule has 1 heterocycles. The van der Waals surface area contributed by atoms with Crippen LogP contribution in [0.4, 0.5) is 4.79 Å². The lowest BCUT2D eigenvalue weighted by Crippen LogP contribution is -2.50. The molecule has 4 nitrogen and oxygen atoms in total. The van der Waals surface area contributed by atoms with Crippen molar-refractivity contribution >= 4 is 12.1 Å². The molecule has 2 amide bonds. The van der Waals surface area contributed by atoms with Gasteiger partial charge in [-0.05, 0) is 38.0 Å². The van der Waals surface area contributed by atoms with E-state index in [9.17, 15) is 4.79 Å². The molecule has 1 aromatic carbocycles. The van der Waals surface area contributed by atoms with E-state index >= 15 is 0 Å². The molecule has 2 rings (SSSR count). The predicted molar refractivity (Wildman–Crippen MR) is 80.3 cm³/mol. The topological polar surface area (TPSA) is 41.6 Å². The summed E-state index contributed by atoms with van der Waals surface area (Å²) in [7, 11) is 0. The van der Waals surface area contributed by atoms with Gasteiger partial charge in [-0.3, -0.25) is 0 Å². The minimum atomic E-state index is -0.0724. The zero-order chi connectivity index (χ0) is 14.5. The number of hydrogen-bond donors (Lipinski definition) is 1. The van der Waals surface area contributed by atoms with Crippen LogP contribution in [0.15, 0.2) is 30.5 Å². The minimum Gasteiger partial charge on any atom is -0.372 e. The first-order valence-electron chi connectivity index (χ1n) is 6.99. The smallest absolute Gasteiger partial charge is 0.321 e. The number of nitrogens with zero attached hydrogens (tertiary/aromatic N) is 1. The summed E-state index contributed by atoms with van der Waals surface area (Å²) in [6.45, 7) is 7.29. The molecule has 1 aliphatic rings. The van der Waals surface area contributed by atoms with Crippen molar-refractivity contribution in [2.75, 3.05) is 13.1 Å². The second-order valence-corrected chi connectivity index (χ2v) is 5.30. The third-order valence-electron chi connectivity index (χ3n) is 3.36. The fourth-order valence-corrected chi connectivity index (χ4v) is 2.41. The van der Waals surface area contributed by atoms with Gasteiger partial charge in [0.15, 0.2) is 0 Å². The molecule has 1 fully saturated rings. The van der Waals surface area contributed by atoms with Gasteiger partial charge in [0.05, 0.1) is 12.2 Å². The van der Waals surface area contributed by atoms with E-state index in [4.69, 9.17) is 4.74 Å². The van der Waals surface area contributed by atoms with E-state index in [0.717, 1.165) is 5.56 Å². The maximum Gasteiger partial charge on any atom is 0.321 e. The van der Waals surface area contributed by atoms with Crippen molar-refractivity contribution in [2.45, 2.75) is 33.0 Å². The van der Waals surface area contributed by atoms with Gasteiger partial charge in [0, 0.05) is 19.3 Å². The van der Waals surface area contributed by atoms with E-state index in [1.54, 1.807) is 11.1 Å². The molecule has 0 aromatic heterocycles. The molecule has 2 atom stereocenters. The van der Waals surface area contributed by atoms with Crippen molar-refractivity contribution in [3.05, 3.63) is 41.6 Å². The quantitative estimate of drug-likeness (QED) is 0.901. The lowest BCUT2D eigenvalue weighted by molar-refractivity contribution is -0.0541. The number of aryl methyl sites for hydroxylation is 1. The number of morpholine rings is 1. The molecule has 0 saturated carbocycles. The zero-order valence-electron chi connectivity index (χ0n) is 12.3. The molecule has 20 heavy (non-hydrogen) atoms.